The molecule has 0 saturated heterocycles. The first-order chi connectivity index (χ1) is 18.0. The van der Waals surface area contributed by atoms with Crippen LogP contribution in [0.25, 0.3) is 11.1 Å². The molecule has 0 fully saturated rings. The molecule has 0 saturated carbocycles. The highest BCUT2D eigenvalue weighted by atomic mass is 14.7. The minimum Gasteiger partial charge on any atom is -0.285 e. The number of aliphatic imine (C=N–C) groups is 2. The highest BCUT2D eigenvalue weighted by Gasteiger charge is 2.23. The average Bonchev–Trinajstić information content (AvgIpc) is 3.20. The largest absolute Gasteiger partial charge is 0.285 e. The summed E-state index contributed by atoms with van der Waals surface area (Å²) in [5.41, 5.74) is 13.4. The van der Waals surface area contributed by atoms with Gasteiger partial charge in [0.05, 0.1) is 12.2 Å². The van der Waals surface area contributed by atoms with Gasteiger partial charge in [-0.1, -0.05) is 110 Å². The maximum absolute atomic E-state index is 4.79. The Labute approximate surface area is 221 Å². The van der Waals surface area contributed by atoms with Gasteiger partial charge in [-0.15, -0.1) is 0 Å². The zero-order valence-electron chi connectivity index (χ0n) is 22.0. The van der Waals surface area contributed by atoms with E-state index in [4.69, 9.17) is 9.98 Å². The molecule has 1 unspecified atom stereocenters. The Kier molecular flexibility index (Phi) is 7.28. The van der Waals surface area contributed by atoms with E-state index in [9.17, 15) is 0 Å². The van der Waals surface area contributed by atoms with Crippen LogP contribution in [-0.4, -0.2) is 11.9 Å². The predicted molar refractivity (Wildman–Crippen MR) is 159 cm³/mol. The summed E-state index contributed by atoms with van der Waals surface area (Å²) in [4.78, 5) is 9.56. The fourth-order valence-corrected chi connectivity index (χ4v) is 5.12. The molecule has 3 aromatic carbocycles. The number of benzene rings is 3. The van der Waals surface area contributed by atoms with Gasteiger partial charge in [-0.05, 0) is 71.2 Å². The molecule has 0 radical (unpaired) electrons. The zero-order chi connectivity index (χ0) is 25.8. The van der Waals surface area contributed by atoms with Gasteiger partial charge in [0.25, 0.3) is 0 Å². The van der Waals surface area contributed by atoms with E-state index in [0.717, 1.165) is 24.3 Å². The van der Waals surface area contributed by atoms with Crippen LogP contribution in [0.3, 0.4) is 0 Å². The van der Waals surface area contributed by atoms with Crippen LogP contribution in [0.4, 0.5) is 0 Å². The zero-order valence-corrected chi connectivity index (χ0v) is 22.0. The summed E-state index contributed by atoms with van der Waals surface area (Å²) < 4.78 is 0. The lowest BCUT2D eigenvalue weighted by molar-refractivity contribution is 0.921. The molecule has 3 aromatic rings. The second kappa shape index (κ2) is 10.9. The quantitative estimate of drug-likeness (QED) is 0.300. The Bertz CT molecular complexity index is 1460. The van der Waals surface area contributed by atoms with E-state index < -0.39 is 0 Å². The normalized spacial score (nSPS) is 17.6. The van der Waals surface area contributed by atoms with Crippen LogP contribution in [0.15, 0.2) is 124 Å². The average molecular weight is 483 g/mol. The molecule has 2 heteroatoms. The van der Waals surface area contributed by atoms with Gasteiger partial charge in [-0.3, -0.25) is 9.98 Å². The van der Waals surface area contributed by atoms with Gasteiger partial charge in [0, 0.05) is 17.8 Å². The minimum absolute atomic E-state index is 0.440. The molecule has 5 rings (SSSR count). The van der Waals surface area contributed by atoms with Crippen molar-refractivity contribution in [3.63, 3.8) is 0 Å². The van der Waals surface area contributed by atoms with E-state index >= 15 is 0 Å². The second-order valence-electron chi connectivity index (χ2n) is 9.96. The monoisotopic (exact) mass is 482 g/mol. The molecule has 0 N–H and O–H groups in total. The first-order valence-electron chi connectivity index (χ1n) is 13.1. The van der Waals surface area contributed by atoms with Crippen molar-refractivity contribution in [2.75, 3.05) is 0 Å². The molecule has 2 nitrogen and oxygen atoms in total. The van der Waals surface area contributed by atoms with Gasteiger partial charge in [0.2, 0.25) is 0 Å². The molecule has 0 aliphatic heterocycles. The van der Waals surface area contributed by atoms with E-state index in [2.05, 4.69) is 112 Å². The van der Waals surface area contributed by atoms with Crippen LogP contribution in [0.2, 0.25) is 0 Å². The van der Waals surface area contributed by atoms with Crippen LogP contribution in [-0.2, 0) is 6.54 Å². The van der Waals surface area contributed by atoms with Crippen LogP contribution in [0.1, 0.15) is 67.3 Å². The first-order valence-corrected chi connectivity index (χ1v) is 13.1. The lowest BCUT2D eigenvalue weighted by Gasteiger charge is -2.15. The summed E-state index contributed by atoms with van der Waals surface area (Å²) in [5.74, 6) is 0.440. The number of fused-ring (bicyclic) bond motifs is 1. The van der Waals surface area contributed by atoms with Crippen molar-refractivity contribution in [1.82, 2.24) is 0 Å². The third-order valence-electron chi connectivity index (χ3n) is 7.68. The van der Waals surface area contributed by atoms with Crippen molar-refractivity contribution in [3.05, 3.63) is 142 Å². The van der Waals surface area contributed by atoms with Gasteiger partial charge in [-0.25, -0.2) is 0 Å². The highest BCUT2D eigenvalue weighted by molar-refractivity contribution is 6.14. The highest BCUT2D eigenvalue weighted by Crippen LogP contribution is 2.40. The summed E-state index contributed by atoms with van der Waals surface area (Å²) in [6.07, 6.45) is 8.36. The fraction of sp³-hybridized carbons (Fsp3) is 0.200. The Balaban J connectivity index is 1.25. The maximum Gasteiger partial charge on any atom is 0.0643 e. The minimum atomic E-state index is 0.440. The van der Waals surface area contributed by atoms with Crippen molar-refractivity contribution in [2.24, 2.45) is 9.98 Å². The Morgan fingerprint density at radius 2 is 1.65 bits per heavy atom. The molecule has 0 bridgehead atoms. The van der Waals surface area contributed by atoms with Crippen LogP contribution >= 0.6 is 0 Å². The summed E-state index contributed by atoms with van der Waals surface area (Å²) in [7, 11) is 0. The molecule has 0 aromatic heterocycles. The van der Waals surface area contributed by atoms with Gasteiger partial charge in [0.15, 0.2) is 0 Å². The van der Waals surface area contributed by atoms with Crippen molar-refractivity contribution < 1.29 is 0 Å². The van der Waals surface area contributed by atoms with Crippen molar-refractivity contribution in [1.29, 1.82) is 0 Å². The second-order valence-corrected chi connectivity index (χ2v) is 9.96. The molecule has 2 aliphatic carbocycles. The van der Waals surface area contributed by atoms with E-state index in [1.54, 1.807) is 0 Å². The number of hydrogen-bond acceptors (Lipinski definition) is 2. The fourth-order valence-electron chi connectivity index (χ4n) is 5.12. The van der Waals surface area contributed by atoms with E-state index in [1.807, 2.05) is 12.3 Å². The Morgan fingerprint density at radius 1 is 0.919 bits per heavy atom. The molecule has 2 aliphatic rings. The van der Waals surface area contributed by atoms with Crippen molar-refractivity contribution in [2.45, 2.75) is 46.1 Å². The first kappa shape index (κ1) is 24.6. The number of hydrogen-bond donors (Lipinski definition) is 0. The smallest absolute Gasteiger partial charge is 0.0643 e. The lowest BCUT2D eigenvalue weighted by atomic mass is 9.91. The van der Waals surface area contributed by atoms with Gasteiger partial charge in [-0.2, -0.15) is 0 Å². The third kappa shape index (κ3) is 5.39. The van der Waals surface area contributed by atoms with E-state index in [0.29, 0.717) is 12.5 Å². The number of allylic oxidation sites excluding steroid dienone is 6. The molecular weight excluding hydrogens is 448 g/mol. The molecular formula is C35H34N2. The van der Waals surface area contributed by atoms with Crippen molar-refractivity contribution in [3.8, 4) is 0 Å². The van der Waals surface area contributed by atoms with Gasteiger partial charge in [0.1, 0.15) is 0 Å². The summed E-state index contributed by atoms with van der Waals surface area (Å²) in [6, 6.07) is 27.8. The SMILES string of the molecule is C=C(N=CC1=C(C)C(C)c2ccccc21)C1=CC=C(c2ccc(C(C)=NCc3ccccc3)cc2)CC1. The molecule has 184 valence electrons. The molecule has 0 heterocycles. The van der Waals surface area contributed by atoms with Crippen LogP contribution in [0, 0.1) is 0 Å². The van der Waals surface area contributed by atoms with E-state index in [1.165, 1.54) is 50.1 Å². The number of rotatable bonds is 7. The standard InChI is InChI=1S/C35H34N2/c1-24-25(2)35(34-13-9-8-12-33(24)34)23-37-27(4)30-16-20-32(21-17-30)31-18-14-29(15-19-31)26(3)36-22-28-10-6-5-7-11-28/h5-16,18-20,23-24H,4,17,21-22H2,1-3H3. The van der Waals surface area contributed by atoms with E-state index in [-0.39, 0.29) is 0 Å². The Morgan fingerprint density at radius 3 is 2.38 bits per heavy atom. The summed E-state index contributed by atoms with van der Waals surface area (Å²) in [5, 5.41) is 0. The molecule has 37 heavy (non-hydrogen) atoms. The van der Waals surface area contributed by atoms with Crippen LogP contribution in [0.5, 0.6) is 0 Å². The van der Waals surface area contributed by atoms with Gasteiger partial charge < -0.3 is 0 Å². The van der Waals surface area contributed by atoms with Gasteiger partial charge >= 0.3 is 0 Å². The van der Waals surface area contributed by atoms with Crippen molar-refractivity contribution >= 4 is 23.1 Å². The molecule has 1 atom stereocenters. The topological polar surface area (TPSA) is 24.7 Å². The maximum atomic E-state index is 4.79. The predicted octanol–water partition coefficient (Wildman–Crippen LogP) is 8.97. The lowest BCUT2D eigenvalue weighted by Crippen LogP contribution is -1.98. The summed E-state index contributed by atoms with van der Waals surface area (Å²) in [6.45, 7) is 11.6. The number of nitrogens with zero attached hydrogens (tertiary/aromatic N) is 2. The molecule has 0 amide bonds. The summed E-state index contributed by atoms with van der Waals surface area (Å²) >= 11 is 0. The van der Waals surface area contributed by atoms with Crippen LogP contribution < -0.4 is 0 Å². The Hall–Kier alpha value is -4.04. The third-order valence-corrected chi connectivity index (χ3v) is 7.68. The molecule has 0 spiro atoms.